The van der Waals surface area contributed by atoms with Crippen LogP contribution in [-0.2, 0) is 17.6 Å². The fourth-order valence-electron chi connectivity index (χ4n) is 2.14. The molecule has 1 amide bonds. The Kier molecular flexibility index (Phi) is 11.0. The van der Waals surface area contributed by atoms with Gasteiger partial charge in [-0.05, 0) is 37.4 Å². The van der Waals surface area contributed by atoms with Crippen LogP contribution in [0.2, 0.25) is 0 Å². The highest BCUT2D eigenvalue weighted by Crippen LogP contribution is 2.08. The van der Waals surface area contributed by atoms with E-state index in [9.17, 15) is 4.79 Å². The summed E-state index contributed by atoms with van der Waals surface area (Å²) in [7, 11) is 0. The lowest BCUT2D eigenvalue weighted by molar-refractivity contribution is -0.120. The van der Waals surface area contributed by atoms with E-state index in [1.54, 1.807) is 0 Å². The van der Waals surface area contributed by atoms with Gasteiger partial charge in [-0.15, -0.1) is 12.4 Å². The minimum absolute atomic E-state index is 0. The maximum Gasteiger partial charge on any atom is 0.224 e. The van der Waals surface area contributed by atoms with Crippen molar-refractivity contribution in [2.24, 2.45) is 0 Å². The summed E-state index contributed by atoms with van der Waals surface area (Å²) in [5.74, 6) is 0.0936. The molecule has 2 N–H and O–H groups in total. The number of nitrogens with one attached hydrogen (secondary N) is 2. The average molecular weight is 313 g/mol. The van der Waals surface area contributed by atoms with E-state index in [0.717, 1.165) is 18.5 Å². The largest absolute Gasteiger partial charge is 0.354 e. The van der Waals surface area contributed by atoms with Gasteiger partial charge in [-0.25, -0.2) is 0 Å². The van der Waals surface area contributed by atoms with Gasteiger partial charge in [-0.2, -0.15) is 0 Å². The Labute approximate surface area is 135 Å². The molecule has 0 heterocycles. The summed E-state index contributed by atoms with van der Waals surface area (Å²) in [6, 6.07) is 8.73. The lowest BCUT2D eigenvalue weighted by Crippen LogP contribution is -2.39. The monoisotopic (exact) mass is 312 g/mol. The van der Waals surface area contributed by atoms with Crippen LogP contribution in [0.15, 0.2) is 24.3 Å². The smallest absolute Gasteiger partial charge is 0.224 e. The quantitative estimate of drug-likeness (QED) is 0.735. The van der Waals surface area contributed by atoms with Gasteiger partial charge in [0.25, 0.3) is 0 Å². The molecular formula is C17H29ClN2O. The summed E-state index contributed by atoms with van der Waals surface area (Å²) >= 11 is 0. The minimum atomic E-state index is 0. The third-order valence-corrected chi connectivity index (χ3v) is 3.36. The second-order valence-corrected chi connectivity index (χ2v) is 5.36. The normalized spacial score (nSPS) is 11.6. The molecule has 4 heteroatoms. The summed E-state index contributed by atoms with van der Waals surface area (Å²) in [5.41, 5.74) is 2.44. The number of benzene rings is 1. The minimum Gasteiger partial charge on any atom is -0.354 e. The number of carbonyl (C=O) groups excluding carboxylic acids is 1. The molecule has 0 fully saturated rings. The van der Waals surface area contributed by atoms with Gasteiger partial charge in [0, 0.05) is 12.6 Å². The average Bonchev–Trinajstić information content (AvgIpc) is 2.45. The number of halogens is 1. The second kappa shape index (κ2) is 11.6. The molecule has 0 saturated heterocycles. The zero-order valence-electron chi connectivity index (χ0n) is 13.4. The molecule has 21 heavy (non-hydrogen) atoms. The molecule has 0 aliphatic rings. The van der Waals surface area contributed by atoms with Gasteiger partial charge in [-0.1, -0.05) is 44.5 Å². The maximum absolute atomic E-state index is 11.8. The van der Waals surface area contributed by atoms with Crippen LogP contribution in [0.5, 0.6) is 0 Å². The highest BCUT2D eigenvalue weighted by Gasteiger charge is 2.05. The van der Waals surface area contributed by atoms with Gasteiger partial charge < -0.3 is 10.6 Å². The molecular weight excluding hydrogens is 284 g/mol. The molecule has 1 rings (SSSR count). The second-order valence-electron chi connectivity index (χ2n) is 5.36. The third kappa shape index (κ3) is 8.74. The number of rotatable bonds is 9. The van der Waals surface area contributed by atoms with Crippen molar-refractivity contribution in [2.75, 3.05) is 13.1 Å². The Hall–Kier alpha value is -1.06. The number of aryl methyl sites for hydroxylation is 1. The lowest BCUT2D eigenvalue weighted by Gasteiger charge is -2.13. The molecule has 1 aromatic carbocycles. The summed E-state index contributed by atoms with van der Waals surface area (Å²) in [6.07, 6.45) is 4.03. The van der Waals surface area contributed by atoms with Crippen molar-refractivity contribution in [3.05, 3.63) is 35.4 Å². The van der Waals surface area contributed by atoms with Crippen LogP contribution >= 0.6 is 12.4 Å². The SMILES string of the molecule is CCCCc1ccc(CC(=O)NC[C@@H](C)NCC)cc1.Cl. The predicted octanol–water partition coefficient (Wildman–Crippen LogP) is 3.11. The van der Waals surface area contributed by atoms with Crippen molar-refractivity contribution < 1.29 is 4.79 Å². The molecule has 1 aromatic rings. The molecule has 0 saturated carbocycles. The standard InChI is InChI=1S/C17H28N2O.ClH/c1-4-6-7-15-8-10-16(11-9-15)12-17(20)19-13-14(3)18-5-2;/h8-11,14,18H,4-7,12-13H2,1-3H3,(H,19,20);1H/t14-;/m1./s1. The van der Waals surface area contributed by atoms with Crippen molar-refractivity contribution in [3.63, 3.8) is 0 Å². The van der Waals surface area contributed by atoms with E-state index in [4.69, 9.17) is 0 Å². The van der Waals surface area contributed by atoms with Crippen LogP contribution in [0.4, 0.5) is 0 Å². The summed E-state index contributed by atoms with van der Waals surface area (Å²) in [5, 5.41) is 6.24. The van der Waals surface area contributed by atoms with E-state index in [0.29, 0.717) is 19.0 Å². The van der Waals surface area contributed by atoms with E-state index in [1.165, 1.54) is 18.4 Å². The maximum atomic E-state index is 11.8. The molecule has 120 valence electrons. The summed E-state index contributed by atoms with van der Waals surface area (Å²) < 4.78 is 0. The summed E-state index contributed by atoms with van der Waals surface area (Å²) in [6.45, 7) is 7.95. The fraction of sp³-hybridized carbons (Fsp3) is 0.588. The third-order valence-electron chi connectivity index (χ3n) is 3.36. The first-order valence-electron chi connectivity index (χ1n) is 7.73. The Morgan fingerprint density at radius 3 is 2.33 bits per heavy atom. The molecule has 0 aliphatic heterocycles. The molecule has 0 bridgehead atoms. The van der Waals surface area contributed by atoms with Gasteiger partial charge in [0.2, 0.25) is 5.91 Å². The lowest BCUT2D eigenvalue weighted by atomic mass is 10.0. The first-order chi connectivity index (χ1) is 9.65. The number of hydrogen-bond donors (Lipinski definition) is 2. The van der Waals surface area contributed by atoms with Gasteiger partial charge in [0.05, 0.1) is 6.42 Å². The molecule has 0 spiro atoms. The molecule has 1 atom stereocenters. The Balaban J connectivity index is 0.00000400. The molecule has 0 aliphatic carbocycles. The number of hydrogen-bond acceptors (Lipinski definition) is 2. The van der Waals surface area contributed by atoms with Crippen molar-refractivity contribution in [3.8, 4) is 0 Å². The van der Waals surface area contributed by atoms with E-state index in [-0.39, 0.29) is 18.3 Å². The van der Waals surface area contributed by atoms with Crippen LogP contribution in [0.25, 0.3) is 0 Å². The first-order valence-corrected chi connectivity index (χ1v) is 7.73. The van der Waals surface area contributed by atoms with Gasteiger partial charge >= 0.3 is 0 Å². The van der Waals surface area contributed by atoms with Crippen molar-refractivity contribution >= 4 is 18.3 Å². The molecule has 0 radical (unpaired) electrons. The molecule has 0 unspecified atom stereocenters. The van der Waals surface area contributed by atoms with E-state index >= 15 is 0 Å². The van der Waals surface area contributed by atoms with E-state index in [2.05, 4.69) is 55.7 Å². The van der Waals surface area contributed by atoms with Crippen LogP contribution in [0.3, 0.4) is 0 Å². The van der Waals surface area contributed by atoms with E-state index in [1.807, 2.05) is 0 Å². The topological polar surface area (TPSA) is 41.1 Å². The van der Waals surface area contributed by atoms with Gasteiger partial charge in [-0.3, -0.25) is 4.79 Å². The Bertz CT molecular complexity index is 392. The highest BCUT2D eigenvalue weighted by molar-refractivity contribution is 5.85. The van der Waals surface area contributed by atoms with Crippen LogP contribution < -0.4 is 10.6 Å². The van der Waals surface area contributed by atoms with Crippen LogP contribution in [-0.4, -0.2) is 25.0 Å². The van der Waals surface area contributed by atoms with Crippen LogP contribution in [0, 0.1) is 0 Å². The Morgan fingerprint density at radius 1 is 1.14 bits per heavy atom. The number of unbranched alkanes of at least 4 members (excludes halogenated alkanes) is 1. The van der Waals surface area contributed by atoms with Crippen molar-refractivity contribution in [1.82, 2.24) is 10.6 Å². The molecule has 0 aromatic heterocycles. The van der Waals surface area contributed by atoms with E-state index < -0.39 is 0 Å². The summed E-state index contributed by atoms with van der Waals surface area (Å²) in [4.78, 5) is 11.8. The number of likely N-dealkylation sites (N-methyl/N-ethyl adjacent to an activating group) is 1. The number of amides is 1. The Morgan fingerprint density at radius 2 is 1.76 bits per heavy atom. The molecule has 3 nitrogen and oxygen atoms in total. The zero-order valence-corrected chi connectivity index (χ0v) is 14.3. The number of carbonyl (C=O) groups is 1. The fourth-order valence-corrected chi connectivity index (χ4v) is 2.14. The van der Waals surface area contributed by atoms with Crippen molar-refractivity contribution in [1.29, 1.82) is 0 Å². The zero-order chi connectivity index (χ0) is 14.8. The van der Waals surface area contributed by atoms with Crippen LogP contribution in [0.1, 0.15) is 44.7 Å². The van der Waals surface area contributed by atoms with Crippen molar-refractivity contribution in [2.45, 2.75) is 52.5 Å². The van der Waals surface area contributed by atoms with Gasteiger partial charge in [0.1, 0.15) is 0 Å². The van der Waals surface area contributed by atoms with Gasteiger partial charge in [0.15, 0.2) is 0 Å². The first kappa shape index (κ1) is 19.9. The highest BCUT2D eigenvalue weighted by atomic mass is 35.5. The predicted molar refractivity (Wildman–Crippen MR) is 92.2 cm³/mol.